The third-order valence-electron chi connectivity index (χ3n) is 5.13. The molecule has 0 N–H and O–H groups in total. The van der Waals surface area contributed by atoms with Crippen LogP contribution in [0.25, 0.3) is 4.96 Å². The second kappa shape index (κ2) is 5.67. The fraction of sp³-hybridized carbons (Fsp3) is 0.316. The fourth-order valence-electron chi connectivity index (χ4n) is 3.68. The Hall–Kier alpha value is -2.67. The molecule has 0 saturated heterocycles. The summed E-state index contributed by atoms with van der Waals surface area (Å²) in [5.41, 5.74) is 2.59. The third-order valence-corrected chi connectivity index (χ3v) is 6.08. The van der Waals surface area contributed by atoms with Gasteiger partial charge in [-0.25, -0.2) is 4.98 Å². The zero-order valence-corrected chi connectivity index (χ0v) is 15.2. The van der Waals surface area contributed by atoms with Gasteiger partial charge in [-0.3, -0.25) is 14.0 Å². The molecule has 1 saturated carbocycles. The van der Waals surface area contributed by atoms with Gasteiger partial charge in [0.2, 0.25) is 0 Å². The molecule has 7 heteroatoms. The van der Waals surface area contributed by atoms with Crippen LogP contribution in [0.2, 0.25) is 0 Å². The van der Waals surface area contributed by atoms with Crippen LogP contribution in [0.1, 0.15) is 28.9 Å². The van der Waals surface area contributed by atoms with Crippen molar-refractivity contribution in [3.05, 3.63) is 57.5 Å². The maximum absolute atomic E-state index is 13.2. The van der Waals surface area contributed by atoms with Crippen molar-refractivity contribution >= 4 is 33.6 Å². The Morgan fingerprint density at radius 1 is 1.19 bits per heavy atom. The van der Waals surface area contributed by atoms with Crippen LogP contribution in [0.3, 0.4) is 0 Å². The van der Waals surface area contributed by atoms with E-state index in [0.717, 1.165) is 23.6 Å². The largest absolute Gasteiger partial charge is 0.365 e. The van der Waals surface area contributed by atoms with Crippen molar-refractivity contribution in [1.82, 2.24) is 9.38 Å². The summed E-state index contributed by atoms with van der Waals surface area (Å²) < 4.78 is 1.52. The molecule has 3 heterocycles. The van der Waals surface area contributed by atoms with Crippen molar-refractivity contribution in [3.8, 4) is 0 Å². The Bertz CT molecular complexity index is 1080. The van der Waals surface area contributed by atoms with Crippen LogP contribution in [0, 0.1) is 6.92 Å². The van der Waals surface area contributed by atoms with Gasteiger partial charge in [-0.15, -0.1) is 11.3 Å². The first kappa shape index (κ1) is 15.6. The lowest BCUT2D eigenvalue weighted by Gasteiger charge is -2.37. The SMILES string of the molecule is Cc1csc2ncc(C(=O)N3CCN(C4CC4)c4ccccc43)c(=O)n12. The fourth-order valence-corrected chi connectivity index (χ4v) is 4.50. The Morgan fingerprint density at radius 2 is 1.96 bits per heavy atom. The number of rotatable bonds is 2. The second-order valence-corrected chi connectivity index (χ2v) is 7.68. The maximum Gasteiger partial charge on any atom is 0.271 e. The number of benzene rings is 1. The third kappa shape index (κ3) is 2.27. The molecule has 3 aromatic rings. The van der Waals surface area contributed by atoms with Crippen LogP contribution in [0.15, 0.2) is 40.6 Å². The van der Waals surface area contributed by atoms with E-state index in [9.17, 15) is 9.59 Å². The Morgan fingerprint density at radius 3 is 2.73 bits per heavy atom. The molecule has 0 unspecified atom stereocenters. The predicted octanol–water partition coefficient (Wildman–Crippen LogP) is 2.69. The molecule has 1 fully saturated rings. The van der Waals surface area contributed by atoms with Gasteiger partial charge >= 0.3 is 0 Å². The number of aromatic nitrogens is 2. The molecule has 0 radical (unpaired) electrons. The van der Waals surface area contributed by atoms with Gasteiger partial charge < -0.3 is 9.80 Å². The number of para-hydroxylation sites is 2. The molecule has 1 aliphatic heterocycles. The molecule has 6 nitrogen and oxygen atoms in total. The van der Waals surface area contributed by atoms with Crippen LogP contribution in [-0.2, 0) is 0 Å². The molecule has 26 heavy (non-hydrogen) atoms. The summed E-state index contributed by atoms with van der Waals surface area (Å²) in [6, 6.07) is 8.54. The molecule has 132 valence electrons. The number of thiazole rings is 1. The van der Waals surface area contributed by atoms with Crippen molar-refractivity contribution < 1.29 is 4.79 Å². The summed E-state index contributed by atoms with van der Waals surface area (Å²) in [7, 11) is 0. The molecule has 0 atom stereocenters. The zero-order chi connectivity index (χ0) is 17.8. The molecule has 1 aromatic carbocycles. The van der Waals surface area contributed by atoms with Gasteiger partial charge in [-0.1, -0.05) is 12.1 Å². The highest BCUT2D eigenvalue weighted by atomic mass is 32.1. The highest BCUT2D eigenvalue weighted by Crippen LogP contribution is 2.40. The number of amides is 1. The van der Waals surface area contributed by atoms with Crippen molar-refractivity contribution in [2.45, 2.75) is 25.8 Å². The van der Waals surface area contributed by atoms with Gasteiger partial charge in [0.15, 0.2) is 4.96 Å². The number of hydrogen-bond donors (Lipinski definition) is 0. The van der Waals surface area contributed by atoms with E-state index in [2.05, 4.69) is 16.0 Å². The normalized spacial score (nSPS) is 16.8. The van der Waals surface area contributed by atoms with Gasteiger partial charge in [-0.2, -0.15) is 0 Å². The van der Waals surface area contributed by atoms with Crippen molar-refractivity contribution in [2.75, 3.05) is 22.9 Å². The Balaban J connectivity index is 1.59. The first-order chi connectivity index (χ1) is 12.6. The van der Waals surface area contributed by atoms with E-state index >= 15 is 0 Å². The summed E-state index contributed by atoms with van der Waals surface area (Å²) in [4.78, 5) is 35.1. The minimum atomic E-state index is -0.291. The number of carbonyl (C=O) groups excluding carboxylic acids is 1. The van der Waals surface area contributed by atoms with Crippen molar-refractivity contribution in [3.63, 3.8) is 0 Å². The van der Waals surface area contributed by atoms with Gasteiger partial charge in [0.05, 0.1) is 11.4 Å². The monoisotopic (exact) mass is 366 g/mol. The highest BCUT2D eigenvalue weighted by molar-refractivity contribution is 7.15. The predicted molar refractivity (Wildman–Crippen MR) is 103 cm³/mol. The highest BCUT2D eigenvalue weighted by Gasteiger charge is 2.36. The number of carbonyl (C=O) groups is 1. The number of hydrogen-bond acceptors (Lipinski definition) is 5. The van der Waals surface area contributed by atoms with E-state index in [-0.39, 0.29) is 17.0 Å². The smallest absolute Gasteiger partial charge is 0.271 e. The van der Waals surface area contributed by atoms with E-state index in [1.54, 1.807) is 4.90 Å². The first-order valence-corrected chi connectivity index (χ1v) is 9.66. The zero-order valence-electron chi connectivity index (χ0n) is 14.4. The number of fused-ring (bicyclic) bond motifs is 2. The Kier molecular flexibility index (Phi) is 3.40. The van der Waals surface area contributed by atoms with Gasteiger partial charge in [0, 0.05) is 36.4 Å². The molecule has 0 spiro atoms. The molecular formula is C19H18N4O2S. The topological polar surface area (TPSA) is 57.9 Å². The first-order valence-electron chi connectivity index (χ1n) is 8.78. The molecule has 5 rings (SSSR count). The van der Waals surface area contributed by atoms with Crippen molar-refractivity contribution in [2.24, 2.45) is 0 Å². The lowest BCUT2D eigenvalue weighted by atomic mass is 10.1. The number of nitrogens with zero attached hydrogens (tertiary/aromatic N) is 4. The molecule has 2 aliphatic rings. The molecule has 0 bridgehead atoms. The van der Waals surface area contributed by atoms with E-state index in [1.165, 1.54) is 34.8 Å². The van der Waals surface area contributed by atoms with Gasteiger partial charge in [0.1, 0.15) is 5.56 Å². The summed E-state index contributed by atoms with van der Waals surface area (Å²) in [5.74, 6) is -0.273. The van der Waals surface area contributed by atoms with Crippen LogP contribution in [-0.4, -0.2) is 34.4 Å². The van der Waals surface area contributed by atoms with Crippen LogP contribution in [0.5, 0.6) is 0 Å². The van der Waals surface area contributed by atoms with Gasteiger partial charge in [-0.05, 0) is 31.9 Å². The van der Waals surface area contributed by atoms with Crippen LogP contribution < -0.4 is 15.4 Å². The molecular weight excluding hydrogens is 348 g/mol. The maximum atomic E-state index is 13.2. The molecule has 1 aliphatic carbocycles. The van der Waals surface area contributed by atoms with E-state index in [4.69, 9.17) is 0 Å². The lowest BCUT2D eigenvalue weighted by Crippen LogP contribution is -2.46. The van der Waals surface area contributed by atoms with Crippen LogP contribution in [0.4, 0.5) is 11.4 Å². The average Bonchev–Trinajstić information content (AvgIpc) is 3.43. The summed E-state index contributed by atoms with van der Waals surface area (Å²) in [6.45, 7) is 3.23. The quantitative estimate of drug-likeness (QED) is 0.700. The summed E-state index contributed by atoms with van der Waals surface area (Å²) >= 11 is 1.40. The minimum absolute atomic E-state index is 0.124. The van der Waals surface area contributed by atoms with E-state index < -0.39 is 0 Å². The average molecular weight is 366 g/mol. The van der Waals surface area contributed by atoms with Crippen LogP contribution >= 0.6 is 11.3 Å². The van der Waals surface area contributed by atoms with Gasteiger partial charge in [0.25, 0.3) is 11.5 Å². The Labute approximate surface area is 154 Å². The summed E-state index contributed by atoms with van der Waals surface area (Å²) in [6.07, 6.45) is 3.84. The summed E-state index contributed by atoms with van der Waals surface area (Å²) in [5, 5.41) is 1.88. The second-order valence-electron chi connectivity index (χ2n) is 6.84. The van der Waals surface area contributed by atoms with E-state index in [1.807, 2.05) is 30.5 Å². The molecule has 2 aromatic heterocycles. The minimum Gasteiger partial charge on any atom is -0.365 e. The molecule has 1 amide bonds. The number of anilines is 2. The van der Waals surface area contributed by atoms with Crippen molar-refractivity contribution in [1.29, 1.82) is 0 Å². The number of aryl methyl sites for hydroxylation is 1. The van der Waals surface area contributed by atoms with E-state index in [0.29, 0.717) is 17.5 Å². The lowest BCUT2D eigenvalue weighted by molar-refractivity contribution is 0.0984. The standard InChI is InChI=1S/C19H18N4O2S/c1-12-11-26-19-20-10-14(18(25)23(12)19)17(24)22-9-8-21(13-6-7-13)15-4-2-3-5-16(15)22/h2-5,10-11,13H,6-9H2,1H3.